The van der Waals surface area contributed by atoms with Gasteiger partial charge in [0.1, 0.15) is 5.31 Å². The molecule has 0 unspecified atom stereocenters. The maximum absolute atomic E-state index is 12.9. The largest absolute Gasteiger partial charge is 0.465 e. The summed E-state index contributed by atoms with van der Waals surface area (Å²) in [5.41, 5.74) is 0.592. The van der Waals surface area contributed by atoms with Crippen LogP contribution in [0.15, 0.2) is 23.5 Å². The zero-order valence-corrected chi connectivity index (χ0v) is 14.1. The van der Waals surface area contributed by atoms with Crippen molar-refractivity contribution in [1.82, 2.24) is 0 Å². The molecule has 1 heterocycles. The minimum atomic E-state index is -3.77. The van der Waals surface area contributed by atoms with Gasteiger partial charge in [-0.15, -0.1) is 0 Å². The van der Waals surface area contributed by atoms with Gasteiger partial charge in [0.05, 0.1) is 20.3 Å². The molecule has 7 nitrogen and oxygen atoms in total. The summed E-state index contributed by atoms with van der Waals surface area (Å²) in [6.45, 7) is 3.74. The van der Waals surface area contributed by atoms with E-state index in [0.717, 1.165) is 0 Å². The highest BCUT2D eigenvalue weighted by molar-refractivity contribution is 7.60. The summed E-state index contributed by atoms with van der Waals surface area (Å²) in [6, 6.07) is 5.08. The lowest BCUT2D eigenvalue weighted by atomic mass is 10.2. The van der Waals surface area contributed by atoms with Crippen molar-refractivity contribution in [2.24, 2.45) is 0 Å². The van der Waals surface area contributed by atoms with Crippen molar-refractivity contribution in [1.29, 1.82) is 0 Å². The van der Waals surface area contributed by atoms with E-state index in [1.54, 1.807) is 32.0 Å². The van der Waals surface area contributed by atoms with Gasteiger partial charge < -0.3 is 23.3 Å². The quantitative estimate of drug-likeness (QED) is 0.428. The zero-order valence-electron chi connectivity index (χ0n) is 13.2. The highest BCUT2D eigenvalue weighted by Crippen LogP contribution is 2.57. The second kappa shape index (κ2) is 7.64. The Labute approximate surface area is 134 Å². The third-order valence-corrected chi connectivity index (χ3v) is 5.09. The summed E-state index contributed by atoms with van der Waals surface area (Å²) >= 11 is 0. The predicted molar refractivity (Wildman–Crippen MR) is 83.4 cm³/mol. The second-order valence-corrected chi connectivity index (χ2v) is 6.46. The molecule has 2 rings (SSSR count). The Balaban J connectivity index is 2.45. The molecular weight excluding hydrogens is 323 g/mol. The van der Waals surface area contributed by atoms with Crippen LogP contribution in [0, 0.1) is 0 Å². The van der Waals surface area contributed by atoms with Crippen LogP contribution in [0.5, 0.6) is 11.5 Å². The van der Waals surface area contributed by atoms with E-state index in [2.05, 4.69) is 0 Å². The first-order chi connectivity index (χ1) is 11.0. The Morgan fingerprint density at radius 2 is 1.87 bits per heavy atom. The van der Waals surface area contributed by atoms with Crippen molar-refractivity contribution >= 4 is 19.6 Å². The van der Waals surface area contributed by atoms with Crippen LogP contribution in [-0.2, 0) is 23.1 Å². The molecule has 126 valence electrons. The second-order valence-electron chi connectivity index (χ2n) is 4.47. The summed E-state index contributed by atoms with van der Waals surface area (Å²) in [5, 5.41) is -0.164. The maximum atomic E-state index is 12.9. The van der Waals surface area contributed by atoms with Crippen molar-refractivity contribution in [2.75, 3.05) is 27.1 Å². The number of hydrogen-bond donors (Lipinski definition) is 0. The van der Waals surface area contributed by atoms with Crippen molar-refractivity contribution in [2.45, 2.75) is 13.8 Å². The van der Waals surface area contributed by atoms with Gasteiger partial charge in [-0.1, -0.05) is 6.07 Å². The number of carbonyl (C=O) groups is 1. The molecule has 1 aromatic rings. The molecule has 0 amide bonds. The standard InChI is InChI=1S/C15H19O7P/c1-4-21-23(17,22-5-2)14(15(16)18-3)9-11-6-7-12-13(8-11)20-10-19-12/h6-9H,4-5,10H2,1-3H3/b14-9+. The fraction of sp³-hybridized carbons (Fsp3) is 0.400. The van der Waals surface area contributed by atoms with Gasteiger partial charge in [-0.05, 0) is 37.6 Å². The molecule has 0 N–H and O–H groups in total. The normalized spacial score (nSPS) is 14.0. The highest BCUT2D eigenvalue weighted by atomic mass is 31.2. The van der Waals surface area contributed by atoms with Crippen molar-refractivity contribution in [3.05, 3.63) is 29.1 Å². The van der Waals surface area contributed by atoms with Crippen LogP contribution in [0.2, 0.25) is 0 Å². The van der Waals surface area contributed by atoms with Crippen molar-refractivity contribution in [3.8, 4) is 11.5 Å². The van der Waals surface area contributed by atoms with Gasteiger partial charge in [-0.25, -0.2) is 4.79 Å². The maximum Gasteiger partial charge on any atom is 0.368 e. The first-order valence-corrected chi connectivity index (χ1v) is 8.67. The van der Waals surface area contributed by atoms with Crippen LogP contribution in [0.1, 0.15) is 19.4 Å². The van der Waals surface area contributed by atoms with Crippen LogP contribution >= 0.6 is 7.60 Å². The number of ether oxygens (including phenoxy) is 3. The Morgan fingerprint density at radius 1 is 1.22 bits per heavy atom. The summed E-state index contributed by atoms with van der Waals surface area (Å²) in [5.74, 6) is 0.387. The molecule has 0 radical (unpaired) electrons. The van der Waals surface area contributed by atoms with E-state index in [1.807, 2.05) is 0 Å². The van der Waals surface area contributed by atoms with E-state index in [0.29, 0.717) is 17.1 Å². The lowest BCUT2D eigenvalue weighted by molar-refractivity contribution is -0.135. The van der Waals surface area contributed by atoms with Crippen LogP contribution in [0.4, 0.5) is 0 Å². The summed E-state index contributed by atoms with van der Waals surface area (Å²) in [6.07, 6.45) is 1.42. The first-order valence-electron chi connectivity index (χ1n) is 7.13. The molecule has 8 heteroatoms. The summed E-state index contributed by atoms with van der Waals surface area (Å²) in [4.78, 5) is 12.1. The number of rotatable bonds is 7. The average Bonchev–Trinajstić information content (AvgIpc) is 3.00. The first kappa shape index (κ1) is 17.5. The van der Waals surface area contributed by atoms with Gasteiger partial charge in [0.2, 0.25) is 6.79 Å². The molecule has 23 heavy (non-hydrogen) atoms. The number of fused-ring (bicyclic) bond motifs is 1. The SMILES string of the molecule is CCOP(=O)(OCC)/C(=C/c1ccc2c(c1)OCO2)C(=O)OC. The fourth-order valence-electron chi connectivity index (χ4n) is 2.03. The van der Waals surface area contributed by atoms with E-state index in [-0.39, 0.29) is 25.3 Å². The van der Waals surface area contributed by atoms with Gasteiger partial charge in [0.25, 0.3) is 0 Å². The van der Waals surface area contributed by atoms with Crippen molar-refractivity contribution in [3.63, 3.8) is 0 Å². The molecule has 0 atom stereocenters. The number of carbonyl (C=O) groups excluding carboxylic acids is 1. The zero-order chi connectivity index (χ0) is 16.9. The van der Waals surface area contributed by atoms with Gasteiger partial charge in [0, 0.05) is 0 Å². The monoisotopic (exact) mass is 342 g/mol. The molecular formula is C15H19O7P. The third-order valence-electron chi connectivity index (χ3n) is 2.99. The predicted octanol–water partition coefficient (Wildman–Crippen LogP) is 3.20. The van der Waals surface area contributed by atoms with Gasteiger partial charge >= 0.3 is 13.6 Å². The Hall–Kier alpha value is -1.82. The number of methoxy groups -OCH3 is 1. The Morgan fingerprint density at radius 3 is 2.48 bits per heavy atom. The Kier molecular flexibility index (Phi) is 5.82. The minimum absolute atomic E-state index is 0.132. The lowest BCUT2D eigenvalue weighted by Gasteiger charge is -2.18. The van der Waals surface area contributed by atoms with Crippen LogP contribution in [0.25, 0.3) is 6.08 Å². The van der Waals surface area contributed by atoms with Gasteiger partial charge in [0.15, 0.2) is 11.5 Å². The van der Waals surface area contributed by atoms with E-state index in [4.69, 9.17) is 23.3 Å². The molecule has 1 aliphatic heterocycles. The van der Waals surface area contributed by atoms with E-state index < -0.39 is 13.6 Å². The van der Waals surface area contributed by atoms with E-state index >= 15 is 0 Å². The summed E-state index contributed by atoms with van der Waals surface area (Å²) in [7, 11) is -2.57. The smallest absolute Gasteiger partial charge is 0.368 e. The molecule has 1 aromatic carbocycles. The van der Waals surface area contributed by atoms with Crippen LogP contribution in [0.3, 0.4) is 0 Å². The lowest BCUT2D eigenvalue weighted by Crippen LogP contribution is -2.09. The molecule has 0 spiro atoms. The topological polar surface area (TPSA) is 80.3 Å². The van der Waals surface area contributed by atoms with Crippen LogP contribution < -0.4 is 9.47 Å². The third kappa shape index (κ3) is 3.93. The minimum Gasteiger partial charge on any atom is -0.465 e. The molecule has 0 aliphatic carbocycles. The molecule has 0 bridgehead atoms. The molecule has 1 aliphatic rings. The van der Waals surface area contributed by atoms with E-state index in [9.17, 15) is 9.36 Å². The number of esters is 1. The van der Waals surface area contributed by atoms with Crippen LogP contribution in [-0.4, -0.2) is 33.1 Å². The highest BCUT2D eigenvalue weighted by Gasteiger charge is 2.35. The Bertz CT molecular complexity index is 643. The fourth-order valence-corrected chi connectivity index (χ4v) is 3.69. The molecule has 0 saturated carbocycles. The van der Waals surface area contributed by atoms with Gasteiger partial charge in [-0.3, -0.25) is 4.57 Å². The average molecular weight is 342 g/mol. The molecule has 0 aromatic heterocycles. The number of benzene rings is 1. The van der Waals surface area contributed by atoms with Crippen molar-refractivity contribution < 1.29 is 32.6 Å². The molecule has 0 fully saturated rings. The van der Waals surface area contributed by atoms with E-state index in [1.165, 1.54) is 13.2 Å². The summed E-state index contributed by atoms with van der Waals surface area (Å²) < 4.78 is 38.6. The number of hydrogen-bond acceptors (Lipinski definition) is 7. The molecule has 0 saturated heterocycles. The van der Waals surface area contributed by atoms with Gasteiger partial charge in [-0.2, -0.15) is 0 Å².